The van der Waals surface area contributed by atoms with Crippen LogP contribution in [0.5, 0.6) is 5.75 Å². The van der Waals surface area contributed by atoms with E-state index in [1.54, 1.807) is 6.92 Å². The molecule has 0 radical (unpaired) electrons. The summed E-state index contributed by atoms with van der Waals surface area (Å²) in [5.41, 5.74) is 2.95. The number of ether oxygens (including phenoxy) is 2. The second kappa shape index (κ2) is 11.7. The van der Waals surface area contributed by atoms with E-state index in [1.807, 2.05) is 15.6 Å². The molecule has 4 rings (SSSR count). The predicted molar refractivity (Wildman–Crippen MR) is 149 cm³/mol. The second-order valence-corrected chi connectivity index (χ2v) is 16.5. The van der Waals surface area contributed by atoms with Crippen LogP contribution in [-0.2, 0) is 16.0 Å². The van der Waals surface area contributed by atoms with Crippen molar-refractivity contribution in [2.24, 2.45) is 0 Å². The van der Waals surface area contributed by atoms with Gasteiger partial charge in [0.2, 0.25) is 8.32 Å². The molecule has 1 aliphatic heterocycles. The van der Waals surface area contributed by atoms with Crippen molar-refractivity contribution < 1.29 is 19.0 Å². The van der Waals surface area contributed by atoms with Crippen molar-refractivity contribution in [1.29, 1.82) is 0 Å². The van der Waals surface area contributed by atoms with E-state index >= 15 is 0 Å². The fourth-order valence-electron chi connectivity index (χ4n) is 4.27. The third kappa shape index (κ3) is 6.82. The van der Waals surface area contributed by atoms with Crippen molar-refractivity contribution >= 4 is 19.2 Å². The molecular weight excluding hydrogens is 484 g/mol. The summed E-state index contributed by atoms with van der Waals surface area (Å²) in [6, 6.07) is 6.35. The Labute approximate surface area is 222 Å². The number of aryl methyl sites for hydroxylation is 1. The van der Waals surface area contributed by atoms with Gasteiger partial charge in [-0.3, -0.25) is 4.68 Å². The first-order valence-corrected chi connectivity index (χ1v) is 16.6. The fraction of sp³-hybridized carbons (Fsp3) is 0.643. The molecule has 2 atom stereocenters. The Morgan fingerprint density at radius 1 is 1.22 bits per heavy atom. The average Bonchev–Trinajstić information content (AvgIpc) is 3.45. The lowest BCUT2D eigenvalue weighted by Gasteiger charge is -2.36. The molecule has 3 heterocycles. The summed E-state index contributed by atoms with van der Waals surface area (Å²) < 4.78 is 22.4. The maximum Gasteiger partial charge on any atom is 0.250 e. The molecule has 1 aliphatic rings. The molecule has 1 fully saturated rings. The minimum Gasteiger partial charge on any atom is -0.543 e. The Balaban J connectivity index is 1.58. The van der Waals surface area contributed by atoms with E-state index in [9.17, 15) is 5.11 Å². The van der Waals surface area contributed by atoms with Crippen molar-refractivity contribution in [3.8, 4) is 17.0 Å². The monoisotopic (exact) mass is 528 g/mol. The summed E-state index contributed by atoms with van der Waals surface area (Å²) in [5.74, 6) is 0.895. The van der Waals surface area contributed by atoms with Crippen LogP contribution in [0.15, 0.2) is 30.6 Å². The number of benzene rings is 1. The molecule has 37 heavy (non-hydrogen) atoms. The van der Waals surface area contributed by atoms with Crippen LogP contribution in [0.25, 0.3) is 22.2 Å². The van der Waals surface area contributed by atoms with Gasteiger partial charge in [-0.05, 0) is 75.4 Å². The highest BCUT2D eigenvalue weighted by Gasteiger charge is 2.39. The van der Waals surface area contributed by atoms with E-state index < -0.39 is 8.32 Å². The summed E-state index contributed by atoms with van der Waals surface area (Å²) in [5, 5.41) is 20.2. The van der Waals surface area contributed by atoms with Gasteiger partial charge in [-0.15, -0.1) is 0 Å². The molecule has 9 heteroatoms. The zero-order chi connectivity index (χ0) is 26.6. The molecule has 2 unspecified atom stereocenters. The minimum absolute atomic E-state index is 0.0500. The second-order valence-electron chi connectivity index (χ2n) is 11.8. The Hall–Kier alpha value is -2.20. The van der Waals surface area contributed by atoms with Crippen LogP contribution in [0.4, 0.5) is 0 Å². The van der Waals surface area contributed by atoms with Gasteiger partial charge in [0.15, 0.2) is 6.23 Å². The first-order valence-electron chi connectivity index (χ1n) is 13.7. The van der Waals surface area contributed by atoms with Gasteiger partial charge < -0.3 is 19.0 Å². The van der Waals surface area contributed by atoms with E-state index in [0.717, 1.165) is 66.7 Å². The molecule has 8 nitrogen and oxygen atoms in total. The van der Waals surface area contributed by atoms with E-state index in [1.165, 1.54) is 0 Å². The van der Waals surface area contributed by atoms with Gasteiger partial charge in [-0.25, -0.2) is 4.68 Å². The SMILES string of the molecule is CC(O)CCOCCCn1cc(-c2nn(C3CCCCO3)c3ccc(O[Si](C)(C)C(C)(C)C)cc23)cn1. The molecule has 2 aromatic heterocycles. The highest BCUT2D eigenvalue weighted by molar-refractivity contribution is 6.74. The lowest BCUT2D eigenvalue weighted by molar-refractivity contribution is -0.0365. The zero-order valence-electron chi connectivity index (χ0n) is 23.4. The Kier molecular flexibility index (Phi) is 8.78. The van der Waals surface area contributed by atoms with E-state index in [4.69, 9.17) is 19.0 Å². The molecule has 0 bridgehead atoms. The maximum absolute atomic E-state index is 9.35. The smallest absolute Gasteiger partial charge is 0.250 e. The molecule has 0 spiro atoms. The summed E-state index contributed by atoms with van der Waals surface area (Å²) in [6.07, 6.45) is 8.31. The van der Waals surface area contributed by atoms with E-state index in [2.05, 4.69) is 63.4 Å². The number of hydrogen-bond acceptors (Lipinski definition) is 6. The average molecular weight is 529 g/mol. The zero-order valence-corrected chi connectivity index (χ0v) is 24.4. The topological polar surface area (TPSA) is 83.6 Å². The largest absolute Gasteiger partial charge is 0.543 e. The Bertz CT molecular complexity index is 1160. The first-order chi connectivity index (χ1) is 17.5. The number of fused-ring (bicyclic) bond motifs is 1. The van der Waals surface area contributed by atoms with Crippen LogP contribution in [-0.4, -0.2) is 58.9 Å². The van der Waals surface area contributed by atoms with Crippen molar-refractivity contribution in [2.75, 3.05) is 19.8 Å². The molecular formula is C28H44N4O4Si. The Morgan fingerprint density at radius 2 is 2.03 bits per heavy atom. The van der Waals surface area contributed by atoms with Crippen molar-refractivity contribution in [3.63, 3.8) is 0 Å². The number of aliphatic hydroxyl groups is 1. The highest BCUT2D eigenvalue weighted by atomic mass is 28.4. The summed E-state index contributed by atoms with van der Waals surface area (Å²) >= 11 is 0. The molecule has 3 aromatic rings. The van der Waals surface area contributed by atoms with Crippen LogP contribution in [0.1, 0.15) is 66.0 Å². The Morgan fingerprint density at radius 3 is 2.73 bits per heavy atom. The van der Waals surface area contributed by atoms with E-state index in [-0.39, 0.29) is 17.4 Å². The standard InChI is InChI=1S/C28H44N4O4Si/c1-21(33)13-17-34-15-9-14-31-20-22(19-29-31)27-24-18-23(36-37(5,6)28(2,3)4)11-12-25(24)32(30-27)26-10-7-8-16-35-26/h11-12,18-21,26,33H,7-10,13-17H2,1-6H3. The molecule has 1 N–H and O–H groups in total. The summed E-state index contributed by atoms with van der Waals surface area (Å²) in [7, 11) is -1.98. The van der Waals surface area contributed by atoms with Crippen LogP contribution < -0.4 is 4.43 Å². The van der Waals surface area contributed by atoms with Crippen LogP contribution in [0.2, 0.25) is 18.1 Å². The normalized spacial score (nSPS) is 17.9. The first kappa shape index (κ1) is 27.8. The van der Waals surface area contributed by atoms with Crippen LogP contribution in [0.3, 0.4) is 0 Å². The number of hydrogen-bond donors (Lipinski definition) is 1. The quantitative estimate of drug-likeness (QED) is 0.237. The lowest BCUT2D eigenvalue weighted by Crippen LogP contribution is -2.43. The van der Waals surface area contributed by atoms with Gasteiger partial charge in [0.25, 0.3) is 0 Å². The van der Waals surface area contributed by atoms with Gasteiger partial charge in [0.1, 0.15) is 11.4 Å². The minimum atomic E-state index is -1.98. The van der Waals surface area contributed by atoms with Crippen molar-refractivity contribution in [3.05, 3.63) is 30.6 Å². The molecule has 204 valence electrons. The third-order valence-corrected chi connectivity index (χ3v) is 11.9. The molecule has 1 aromatic carbocycles. The summed E-state index contributed by atoms with van der Waals surface area (Å²) in [6.45, 7) is 15.9. The molecule has 0 aliphatic carbocycles. The van der Waals surface area contributed by atoms with Gasteiger partial charge in [-0.2, -0.15) is 10.2 Å². The van der Waals surface area contributed by atoms with Crippen molar-refractivity contribution in [1.82, 2.24) is 19.6 Å². The molecule has 0 saturated carbocycles. The predicted octanol–water partition coefficient (Wildman–Crippen LogP) is 6.16. The highest BCUT2D eigenvalue weighted by Crippen LogP contribution is 2.39. The van der Waals surface area contributed by atoms with Gasteiger partial charge >= 0.3 is 0 Å². The van der Waals surface area contributed by atoms with Gasteiger partial charge in [0.05, 0.1) is 17.8 Å². The van der Waals surface area contributed by atoms with Gasteiger partial charge in [0, 0.05) is 43.5 Å². The fourth-order valence-corrected chi connectivity index (χ4v) is 5.30. The number of nitrogens with zero attached hydrogens (tertiary/aromatic N) is 4. The molecule has 1 saturated heterocycles. The van der Waals surface area contributed by atoms with E-state index in [0.29, 0.717) is 19.6 Å². The van der Waals surface area contributed by atoms with Crippen LogP contribution in [0, 0.1) is 0 Å². The number of rotatable bonds is 11. The van der Waals surface area contributed by atoms with Crippen molar-refractivity contribution in [2.45, 2.75) is 96.8 Å². The van der Waals surface area contributed by atoms with Gasteiger partial charge in [-0.1, -0.05) is 20.8 Å². The molecule has 0 amide bonds. The summed E-state index contributed by atoms with van der Waals surface area (Å²) in [4.78, 5) is 0. The number of aliphatic hydroxyl groups excluding tert-OH is 1. The maximum atomic E-state index is 9.35. The number of aromatic nitrogens is 4. The van der Waals surface area contributed by atoms with Crippen LogP contribution >= 0.6 is 0 Å². The third-order valence-electron chi connectivity index (χ3n) is 7.55. The lowest BCUT2D eigenvalue weighted by atomic mass is 10.1.